The van der Waals surface area contributed by atoms with Gasteiger partial charge in [0.1, 0.15) is 0 Å². The van der Waals surface area contributed by atoms with Gasteiger partial charge >= 0.3 is 0 Å². The zero-order chi connectivity index (χ0) is 12.2. The average Bonchev–Trinajstić information content (AvgIpc) is 2.64. The van der Waals surface area contributed by atoms with E-state index in [4.69, 9.17) is 4.99 Å². The van der Waals surface area contributed by atoms with Gasteiger partial charge in [-0.2, -0.15) is 0 Å². The minimum absolute atomic E-state index is 0.511. The van der Waals surface area contributed by atoms with Gasteiger partial charge in [-0.25, -0.2) is 0 Å². The molecule has 0 spiro atoms. The van der Waals surface area contributed by atoms with Crippen molar-refractivity contribution in [3.05, 3.63) is 35.9 Å². The van der Waals surface area contributed by atoms with Crippen molar-refractivity contribution in [1.29, 1.82) is 0 Å². The summed E-state index contributed by atoms with van der Waals surface area (Å²) in [6, 6.07) is 11.3. The molecule has 1 fully saturated rings. The Hall–Kier alpha value is -1.31. The lowest BCUT2D eigenvalue weighted by atomic mass is 10.0. The standard InChI is InChI=1S/C16H22N2/c1-3-7-14(8-4-1)13-15-10-12-18-11-6-2-5-9-16(18)17-15/h1,3-4,7-8,15H,2,5-6,9-13H2. The van der Waals surface area contributed by atoms with E-state index in [9.17, 15) is 0 Å². The van der Waals surface area contributed by atoms with Gasteiger partial charge < -0.3 is 4.90 Å². The van der Waals surface area contributed by atoms with E-state index < -0.39 is 0 Å². The Kier molecular flexibility index (Phi) is 3.63. The summed E-state index contributed by atoms with van der Waals surface area (Å²) >= 11 is 0. The van der Waals surface area contributed by atoms with Crippen molar-refractivity contribution in [2.24, 2.45) is 4.99 Å². The molecule has 2 aliphatic heterocycles. The number of rotatable bonds is 2. The van der Waals surface area contributed by atoms with Gasteiger partial charge in [0, 0.05) is 19.5 Å². The van der Waals surface area contributed by atoms with Gasteiger partial charge in [-0.05, 0) is 31.2 Å². The number of nitrogens with zero attached hydrogens (tertiary/aromatic N) is 2. The topological polar surface area (TPSA) is 15.6 Å². The Morgan fingerprint density at radius 3 is 2.83 bits per heavy atom. The number of hydrogen-bond donors (Lipinski definition) is 0. The first-order valence-electron chi connectivity index (χ1n) is 7.27. The van der Waals surface area contributed by atoms with Crippen molar-refractivity contribution in [2.75, 3.05) is 13.1 Å². The van der Waals surface area contributed by atoms with Crippen LogP contribution in [-0.4, -0.2) is 29.9 Å². The molecule has 0 bridgehead atoms. The summed E-state index contributed by atoms with van der Waals surface area (Å²) in [5, 5.41) is 0. The molecule has 0 amide bonds. The van der Waals surface area contributed by atoms with Gasteiger partial charge in [-0.3, -0.25) is 4.99 Å². The number of aliphatic imine (C=N–C) groups is 1. The molecule has 0 aromatic heterocycles. The normalized spacial score (nSPS) is 24.1. The molecular formula is C16H22N2. The lowest BCUT2D eigenvalue weighted by Crippen LogP contribution is -2.38. The van der Waals surface area contributed by atoms with E-state index in [-0.39, 0.29) is 0 Å². The largest absolute Gasteiger partial charge is 0.360 e. The average molecular weight is 242 g/mol. The van der Waals surface area contributed by atoms with Crippen molar-refractivity contribution in [1.82, 2.24) is 4.90 Å². The van der Waals surface area contributed by atoms with Crippen LogP contribution in [0, 0.1) is 0 Å². The highest BCUT2D eigenvalue weighted by Gasteiger charge is 2.22. The van der Waals surface area contributed by atoms with Crippen molar-refractivity contribution in [3.63, 3.8) is 0 Å². The second kappa shape index (κ2) is 5.55. The zero-order valence-corrected chi connectivity index (χ0v) is 11.0. The van der Waals surface area contributed by atoms with Crippen LogP contribution in [0.25, 0.3) is 0 Å². The first-order valence-corrected chi connectivity index (χ1v) is 7.27. The van der Waals surface area contributed by atoms with Crippen LogP contribution in [0.15, 0.2) is 35.3 Å². The molecule has 1 unspecified atom stereocenters. The molecule has 0 radical (unpaired) electrons. The third-order valence-electron chi connectivity index (χ3n) is 4.07. The van der Waals surface area contributed by atoms with Crippen LogP contribution in [0.1, 0.15) is 37.7 Å². The zero-order valence-electron chi connectivity index (χ0n) is 11.0. The van der Waals surface area contributed by atoms with Gasteiger partial charge in [0.2, 0.25) is 0 Å². The summed E-state index contributed by atoms with van der Waals surface area (Å²) in [5.74, 6) is 1.39. The van der Waals surface area contributed by atoms with Crippen LogP contribution < -0.4 is 0 Å². The lowest BCUT2D eigenvalue weighted by molar-refractivity contribution is 0.360. The maximum atomic E-state index is 5.00. The highest BCUT2D eigenvalue weighted by Crippen LogP contribution is 2.20. The molecule has 2 aliphatic rings. The third kappa shape index (κ3) is 2.74. The molecule has 96 valence electrons. The van der Waals surface area contributed by atoms with E-state index in [0.29, 0.717) is 6.04 Å². The summed E-state index contributed by atoms with van der Waals surface area (Å²) in [6.07, 6.45) is 7.58. The van der Waals surface area contributed by atoms with Crippen molar-refractivity contribution < 1.29 is 0 Å². The molecule has 1 aromatic rings. The summed E-state index contributed by atoms with van der Waals surface area (Å²) in [5.41, 5.74) is 1.42. The second-order valence-corrected chi connectivity index (χ2v) is 5.48. The summed E-state index contributed by atoms with van der Waals surface area (Å²) < 4.78 is 0. The summed E-state index contributed by atoms with van der Waals surface area (Å²) in [4.78, 5) is 7.52. The Balaban J connectivity index is 1.69. The van der Waals surface area contributed by atoms with E-state index >= 15 is 0 Å². The molecule has 2 nitrogen and oxygen atoms in total. The fourth-order valence-electron chi connectivity index (χ4n) is 3.05. The Morgan fingerprint density at radius 2 is 1.94 bits per heavy atom. The summed E-state index contributed by atoms with van der Waals surface area (Å²) in [7, 11) is 0. The van der Waals surface area contributed by atoms with Gasteiger partial charge in [0.15, 0.2) is 0 Å². The molecule has 2 heteroatoms. The van der Waals surface area contributed by atoms with Gasteiger partial charge in [0.25, 0.3) is 0 Å². The third-order valence-corrected chi connectivity index (χ3v) is 4.07. The predicted octanol–water partition coefficient (Wildman–Crippen LogP) is 3.28. The molecular weight excluding hydrogens is 220 g/mol. The smallest absolute Gasteiger partial charge is 0.0992 e. The molecule has 0 N–H and O–H groups in total. The fraction of sp³-hybridized carbons (Fsp3) is 0.562. The first kappa shape index (κ1) is 11.8. The SMILES string of the molecule is c1ccc(CC2CCN3CCCCCC3=N2)cc1. The predicted molar refractivity (Wildman–Crippen MR) is 76.0 cm³/mol. The maximum absolute atomic E-state index is 5.00. The van der Waals surface area contributed by atoms with Crippen LogP contribution in [-0.2, 0) is 6.42 Å². The summed E-state index contributed by atoms with van der Waals surface area (Å²) in [6.45, 7) is 2.45. The van der Waals surface area contributed by atoms with Crippen LogP contribution in [0.2, 0.25) is 0 Å². The van der Waals surface area contributed by atoms with Crippen LogP contribution in [0.3, 0.4) is 0 Å². The Labute approximate surface area is 110 Å². The van der Waals surface area contributed by atoms with E-state index in [2.05, 4.69) is 35.2 Å². The Morgan fingerprint density at radius 1 is 1.06 bits per heavy atom. The molecule has 3 rings (SSSR count). The minimum atomic E-state index is 0.511. The van der Waals surface area contributed by atoms with Gasteiger partial charge in [0.05, 0.1) is 11.9 Å². The molecule has 2 heterocycles. The second-order valence-electron chi connectivity index (χ2n) is 5.48. The van der Waals surface area contributed by atoms with Crippen LogP contribution in [0.4, 0.5) is 0 Å². The van der Waals surface area contributed by atoms with Crippen LogP contribution in [0.5, 0.6) is 0 Å². The highest BCUT2D eigenvalue weighted by atomic mass is 15.2. The quantitative estimate of drug-likeness (QED) is 0.777. The highest BCUT2D eigenvalue weighted by molar-refractivity contribution is 5.83. The van der Waals surface area contributed by atoms with Crippen molar-refractivity contribution in [2.45, 2.75) is 44.6 Å². The maximum Gasteiger partial charge on any atom is 0.0992 e. The Bertz CT molecular complexity index is 410. The van der Waals surface area contributed by atoms with E-state index in [1.165, 1.54) is 56.6 Å². The molecule has 0 saturated carbocycles. The fourth-order valence-corrected chi connectivity index (χ4v) is 3.05. The number of benzene rings is 1. The van der Waals surface area contributed by atoms with E-state index in [1.54, 1.807) is 0 Å². The van der Waals surface area contributed by atoms with E-state index in [1.807, 2.05) is 0 Å². The molecule has 18 heavy (non-hydrogen) atoms. The minimum Gasteiger partial charge on any atom is -0.360 e. The number of amidine groups is 1. The molecule has 1 atom stereocenters. The molecule has 1 aromatic carbocycles. The van der Waals surface area contributed by atoms with Gasteiger partial charge in [-0.1, -0.05) is 36.8 Å². The lowest BCUT2D eigenvalue weighted by Gasteiger charge is -2.31. The molecule has 0 aliphatic carbocycles. The van der Waals surface area contributed by atoms with Crippen molar-refractivity contribution >= 4 is 5.84 Å². The van der Waals surface area contributed by atoms with Gasteiger partial charge in [-0.15, -0.1) is 0 Å². The van der Waals surface area contributed by atoms with Crippen molar-refractivity contribution in [3.8, 4) is 0 Å². The van der Waals surface area contributed by atoms with E-state index in [0.717, 1.165) is 6.42 Å². The number of hydrogen-bond acceptors (Lipinski definition) is 2. The first-order chi connectivity index (χ1) is 8.92. The number of fused-ring (bicyclic) bond motifs is 1. The van der Waals surface area contributed by atoms with Crippen LogP contribution >= 0.6 is 0 Å². The monoisotopic (exact) mass is 242 g/mol. The molecule has 1 saturated heterocycles.